The summed E-state index contributed by atoms with van der Waals surface area (Å²) < 4.78 is 3.22. The number of benzene rings is 2. The van der Waals surface area contributed by atoms with Gasteiger partial charge in [-0.3, -0.25) is 9.20 Å². The Morgan fingerprint density at radius 3 is 2.88 bits per heavy atom. The average molecular weight is 380 g/mol. The van der Waals surface area contributed by atoms with E-state index in [0.717, 1.165) is 34.3 Å². The highest BCUT2D eigenvalue weighted by Gasteiger charge is 2.29. The fourth-order valence-electron chi connectivity index (χ4n) is 3.43. The zero-order chi connectivity index (χ0) is 17.7. The van der Waals surface area contributed by atoms with Gasteiger partial charge < -0.3 is 4.90 Å². The number of anilines is 1. The minimum Gasteiger partial charge on any atom is -0.311 e. The maximum Gasteiger partial charge on any atom is 0.240 e. The first-order chi connectivity index (χ1) is 12.7. The summed E-state index contributed by atoms with van der Waals surface area (Å²) in [4.78, 5) is 15.8. The quantitative estimate of drug-likeness (QED) is 0.504. The summed E-state index contributed by atoms with van der Waals surface area (Å²) in [7, 11) is 0. The monoisotopic (exact) mass is 380 g/mol. The number of carbonyl (C=O) groups excluding carboxylic acids is 1. The van der Waals surface area contributed by atoms with E-state index in [1.807, 2.05) is 46.6 Å². The van der Waals surface area contributed by atoms with Crippen molar-refractivity contribution < 1.29 is 4.79 Å². The molecular weight excluding hydrogens is 364 g/mol. The molecule has 2 aromatic carbocycles. The third kappa shape index (κ3) is 2.42. The highest BCUT2D eigenvalue weighted by molar-refractivity contribution is 8.00. The Bertz CT molecular complexity index is 1130. The second-order valence-corrected chi connectivity index (χ2v) is 8.62. The van der Waals surface area contributed by atoms with Gasteiger partial charge in [0, 0.05) is 12.2 Å². The molecule has 26 heavy (non-hydrogen) atoms. The summed E-state index contributed by atoms with van der Waals surface area (Å²) in [6.07, 6.45) is 0.920. The molecule has 3 heterocycles. The number of hydrogen-bond acceptors (Lipinski definition) is 5. The van der Waals surface area contributed by atoms with Crippen LogP contribution in [0.4, 0.5) is 5.69 Å². The van der Waals surface area contributed by atoms with Gasteiger partial charge in [-0.2, -0.15) is 0 Å². The standard InChI is InChI=1S/C19H16N4OS2/c1-12(17(24)22-11-10-13-6-2-3-7-14(13)22)25-18-20-21-19-23(18)15-8-4-5-9-16(15)26-19/h2-9,12H,10-11H2,1H3/t12-/m0/s1. The number of hydrogen-bond donors (Lipinski definition) is 0. The maximum atomic E-state index is 13.0. The van der Waals surface area contributed by atoms with Crippen LogP contribution in [0, 0.1) is 0 Å². The predicted molar refractivity (Wildman–Crippen MR) is 106 cm³/mol. The van der Waals surface area contributed by atoms with Crippen LogP contribution in [0.5, 0.6) is 0 Å². The van der Waals surface area contributed by atoms with Crippen molar-refractivity contribution in [3.05, 3.63) is 54.1 Å². The van der Waals surface area contributed by atoms with Crippen molar-refractivity contribution >= 4 is 49.9 Å². The first-order valence-electron chi connectivity index (χ1n) is 8.51. The summed E-state index contributed by atoms with van der Waals surface area (Å²) in [6.45, 7) is 2.70. The number of thioether (sulfide) groups is 1. The van der Waals surface area contributed by atoms with Crippen molar-refractivity contribution in [1.29, 1.82) is 0 Å². The highest BCUT2D eigenvalue weighted by Crippen LogP contribution is 2.33. The number of fused-ring (bicyclic) bond motifs is 4. The molecule has 0 radical (unpaired) electrons. The van der Waals surface area contributed by atoms with Crippen LogP contribution < -0.4 is 4.90 Å². The number of carbonyl (C=O) groups is 1. The van der Waals surface area contributed by atoms with Gasteiger partial charge in [0.25, 0.3) is 0 Å². The summed E-state index contributed by atoms with van der Waals surface area (Å²) in [6, 6.07) is 16.3. The van der Waals surface area contributed by atoms with E-state index in [0.29, 0.717) is 0 Å². The zero-order valence-corrected chi connectivity index (χ0v) is 15.8. The Morgan fingerprint density at radius 2 is 1.96 bits per heavy atom. The van der Waals surface area contributed by atoms with E-state index in [9.17, 15) is 4.79 Å². The average Bonchev–Trinajstić information content (AvgIpc) is 3.35. The molecule has 1 atom stereocenters. The molecule has 0 aliphatic carbocycles. The van der Waals surface area contributed by atoms with E-state index in [2.05, 4.69) is 28.4 Å². The lowest BCUT2D eigenvalue weighted by Gasteiger charge is -2.20. The highest BCUT2D eigenvalue weighted by atomic mass is 32.2. The van der Waals surface area contributed by atoms with Crippen LogP contribution in [0.3, 0.4) is 0 Å². The summed E-state index contributed by atoms with van der Waals surface area (Å²) in [5.74, 6) is 0.122. The Morgan fingerprint density at radius 1 is 1.15 bits per heavy atom. The van der Waals surface area contributed by atoms with Crippen molar-refractivity contribution in [2.45, 2.75) is 23.8 Å². The van der Waals surface area contributed by atoms with Crippen LogP contribution in [-0.4, -0.2) is 32.3 Å². The number of rotatable bonds is 3. The second-order valence-electron chi connectivity index (χ2n) is 6.30. The van der Waals surface area contributed by atoms with E-state index >= 15 is 0 Å². The number of thiazole rings is 1. The molecule has 0 fully saturated rings. The van der Waals surface area contributed by atoms with Crippen molar-refractivity contribution in [3.63, 3.8) is 0 Å². The van der Waals surface area contributed by atoms with Gasteiger partial charge in [-0.15, -0.1) is 10.2 Å². The molecule has 5 nitrogen and oxygen atoms in total. The van der Waals surface area contributed by atoms with E-state index in [4.69, 9.17) is 0 Å². The molecule has 0 saturated carbocycles. The fourth-order valence-corrected chi connectivity index (χ4v) is 5.37. The predicted octanol–water partition coefficient (Wildman–Crippen LogP) is 4.01. The first kappa shape index (κ1) is 15.8. The molecule has 130 valence electrons. The van der Waals surface area contributed by atoms with Gasteiger partial charge in [0.15, 0.2) is 5.16 Å². The fraction of sp³-hybridized carbons (Fsp3) is 0.211. The van der Waals surface area contributed by atoms with Crippen molar-refractivity contribution in [2.75, 3.05) is 11.4 Å². The van der Waals surface area contributed by atoms with Crippen LogP contribution in [0.1, 0.15) is 12.5 Å². The minimum atomic E-state index is -0.229. The van der Waals surface area contributed by atoms with Crippen molar-refractivity contribution in [1.82, 2.24) is 14.6 Å². The molecule has 5 rings (SSSR count). The van der Waals surface area contributed by atoms with Gasteiger partial charge in [0.2, 0.25) is 10.9 Å². The zero-order valence-electron chi connectivity index (χ0n) is 14.1. The normalized spacial score (nSPS) is 14.9. The lowest BCUT2D eigenvalue weighted by Crippen LogP contribution is -2.35. The van der Waals surface area contributed by atoms with E-state index < -0.39 is 0 Å². The largest absolute Gasteiger partial charge is 0.311 e. The minimum absolute atomic E-state index is 0.122. The summed E-state index contributed by atoms with van der Waals surface area (Å²) in [5, 5.41) is 9.14. The number of aromatic nitrogens is 3. The Labute approximate surface area is 158 Å². The third-order valence-corrected chi connectivity index (χ3v) is 6.74. The topological polar surface area (TPSA) is 50.5 Å². The molecule has 7 heteroatoms. The summed E-state index contributed by atoms with van der Waals surface area (Å²) in [5.41, 5.74) is 3.37. The molecule has 0 N–H and O–H groups in total. The SMILES string of the molecule is C[C@H](Sc1nnc2sc3ccccc3n12)C(=O)N1CCc2ccccc21. The van der Waals surface area contributed by atoms with Crippen LogP contribution in [-0.2, 0) is 11.2 Å². The maximum absolute atomic E-state index is 13.0. The van der Waals surface area contributed by atoms with Crippen LogP contribution in [0.15, 0.2) is 53.7 Å². The van der Waals surface area contributed by atoms with E-state index in [1.165, 1.54) is 22.0 Å². The second kappa shape index (κ2) is 6.10. The molecule has 4 aromatic rings. The molecule has 1 aliphatic heterocycles. The lowest BCUT2D eigenvalue weighted by molar-refractivity contribution is -0.117. The molecule has 1 aliphatic rings. The number of nitrogens with zero attached hydrogens (tertiary/aromatic N) is 4. The molecule has 0 spiro atoms. The smallest absolute Gasteiger partial charge is 0.240 e. The van der Waals surface area contributed by atoms with Gasteiger partial charge >= 0.3 is 0 Å². The van der Waals surface area contributed by atoms with Gasteiger partial charge in [-0.1, -0.05) is 53.4 Å². The lowest BCUT2D eigenvalue weighted by atomic mass is 10.2. The van der Waals surface area contributed by atoms with E-state index in [-0.39, 0.29) is 11.2 Å². The molecule has 0 unspecified atom stereocenters. The summed E-state index contributed by atoms with van der Waals surface area (Å²) >= 11 is 3.09. The molecule has 2 aromatic heterocycles. The first-order valence-corrected chi connectivity index (χ1v) is 10.2. The molecule has 0 saturated heterocycles. The van der Waals surface area contributed by atoms with Gasteiger partial charge in [0.1, 0.15) is 0 Å². The number of para-hydroxylation sites is 2. The van der Waals surface area contributed by atoms with Gasteiger partial charge in [-0.25, -0.2) is 0 Å². The Hall–Kier alpha value is -2.38. The molecule has 0 bridgehead atoms. The Kier molecular flexibility index (Phi) is 3.72. The van der Waals surface area contributed by atoms with Crippen LogP contribution in [0.25, 0.3) is 15.2 Å². The van der Waals surface area contributed by atoms with Crippen LogP contribution >= 0.6 is 23.1 Å². The Balaban J connectivity index is 1.45. The molecule has 1 amide bonds. The molecular formula is C19H16N4OS2. The third-order valence-electron chi connectivity index (χ3n) is 4.69. The van der Waals surface area contributed by atoms with Gasteiger partial charge in [-0.05, 0) is 37.1 Å². The van der Waals surface area contributed by atoms with Crippen molar-refractivity contribution in [2.24, 2.45) is 0 Å². The van der Waals surface area contributed by atoms with E-state index in [1.54, 1.807) is 11.3 Å². The van der Waals surface area contributed by atoms with Crippen molar-refractivity contribution in [3.8, 4) is 0 Å². The van der Waals surface area contributed by atoms with Gasteiger partial charge in [0.05, 0.1) is 15.5 Å². The number of amides is 1. The van der Waals surface area contributed by atoms with Crippen LogP contribution in [0.2, 0.25) is 0 Å².